The molecule has 0 saturated heterocycles. The molecule has 122 valence electrons. The van der Waals surface area contributed by atoms with Crippen LogP contribution >= 0.6 is 11.6 Å². The molecule has 0 aromatic heterocycles. The van der Waals surface area contributed by atoms with E-state index in [0.717, 1.165) is 12.0 Å². The second-order valence-electron chi connectivity index (χ2n) is 5.83. The highest BCUT2D eigenvalue weighted by molar-refractivity contribution is 6.30. The fourth-order valence-corrected chi connectivity index (χ4v) is 2.11. The third kappa shape index (κ3) is 7.46. The van der Waals surface area contributed by atoms with Crippen LogP contribution in [0.1, 0.15) is 32.8 Å². The molecule has 4 nitrogen and oxygen atoms in total. The summed E-state index contributed by atoms with van der Waals surface area (Å²) in [6.45, 7) is 7.36. The lowest BCUT2D eigenvalue weighted by molar-refractivity contribution is -0.129. The molecule has 0 aliphatic heterocycles. The molecular formula is C17H25ClN2O2. The van der Waals surface area contributed by atoms with Crippen molar-refractivity contribution in [1.82, 2.24) is 10.2 Å². The SMILES string of the molecule is CC(=O)N(CCC(=O)NCC(C)C)CCc1ccc(Cl)cc1. The fourth-order valence-electron chi connectivity index (χ4n) is 1.98. The van der Waals surface area contributed by atoms with Gasteiger partial charge in [-0.05, 0) is 30.0 Å². The van der Waals surface area contributed by atoms with Gasteiger partial charge in [-0.2, -0.15) is 0 Å². The highest BCUT2D eigenvalue weighted by Gasteiger charge is 2.11. The summed E-state index contributed by atoms with van der Waals surface area (Å²) >= 11 is 5.85. The number of nitrogens with one attached hydrogen (secondary N) is 1. The molecular weight excluding hydrogens is 300 g/mol. The number of hydrogen-bond donors (Lipinski definition) is 1. The Labute approximate surface area is 137 Å². The summed E-state index contributed by atoms with van der Waals surface area (Å²) in [7, 11) is 0. The van der Waals surface area contributed by atoms with Crippen molar-refractivity contribution in [2.75, 3.05) is 19.6 Å². The van der Waals surface area contributed by atoms with Crippen LogP contribution in [0.3, 0.4) is 0 Å². The van der Waals surface area contributed by atoms with Crippen molar-refractivity contribution >= 4 is 23.4 Å². The van der Waals surface area contributed by atoms with Gasteiger partial charge in [-0.3, -0.25) is 9.59 Å². The summed E-state index contributed by atoms with van der Waals surface area (Å²) in [5.41, 5.74) is 1.12. The van der Waals surface area contributed by atoms with E-state index in [1.165, 1.54) is 6.92 Å². The Morgan fingerprint density at radius 1 is 1.18 bits per heavy atom. The van der Waals surface area contributed by atoms with Crippen molar-refractivity contribution < 1.29 is 9.59 Å². The number of hydrogen-bond acceptors (Lipinski definition) is 2. The van der Waals surface area contributed by atoms with E-state index in [1.54, 1.807) is 4.90 Å². The van der Waals surface area contributed by atoms with E-state index in [2.05, 4.69) is 5.32 Å². The minimum absolute atomic E-state index is 0.00792. The number of benzene rings is 1. The van der Waals surface area contributed by atoms with Crippen LogP contribution < -0.4 is 5.32 Å². The van der Waals surface area contributed by atoms with Gasteiger partial charge in [-0.25, -0.2) is 0 Å². The second-order valence-corrected chi connectivity index (χ2v) is 6.27. The molecule has 1 aromatic carbocycles. The monoisotopic (exact) mass is 324 g/mol. The lowest BCUT2D eigenvalue weighted by Crippen LogP contribution is -2.36. The molecule has 0 unspecified atom stereocenters. The van der Waals surface area contributed by atoms with Crippen molar-refractivity contribution in [3.8, 4) is 0 Å². The maximum atomic E-state index is 11.7. The highest BCUT2D eigenvalue weighted by atomic mass is 35.5. The topological polar surface area (TPSA) is 49.4 Å². The van der Waals surface area contributed by atoms with E-state index in [4.69, 9.17) is 11.6 Å². The molecule has 0 heterocycles. The van der Waals surface area contributed by atoms with E-state index < -0.39 is 0 Å². The van der Waals surface area contributed by atoms with Gasteiger partial charge < -0.3 is 10.2 Å². The number of halogens is 1. The van der Waals surface area contributed by atoms with Crippen LogP contribution in [0.5, 0.6) is 0 Å². The summed E-state index contributed by atoms with van der Waals surface area (Å²) in [4.78, 5) is 25.1. The average Bonchev–Trinajstić information content (AvgIpc) is 2.46. The first-order chi connectivity index (χ1) is 10.4. The smallest absolute Gasteiger partial charge is 0.221 e. The van der Waals surface area contributed by atoms with Gasteiger partial charge in [0, 0.05) is 38.0 Å². The predicted octanol–water partition coefficient (Wildman–Crippen LogP) is 2.89. The minimum Gasteiger partial charge on any atom is -0.356 e. The maximum Gasteiger partial charge on any atom is 0.221 e. The molecule has 5 heteroatoms. The first-order valence-corrected chi connectivity index (χ1v) is 8.03. The van der Waals surface area contributed by atoms with Crippen LogP contribution in [0, 0.1) is 5.92 Å². The Morgan fingerprint density at radius 2 is 1.82 bits per heavy atom. The normalized spacial score (nSPS) is 10.6. The van der Waals surface area contributed by atoms with Crippen molar-refractivity contribution in [1.29, 1.82) is 0 Å². The van der Waals surface area contributed by atoms with Crippen LogP contribution in [0.25, 0.3) is 0 Å². The first-order valence-electron chi connectivity index (χ1n) is 7.65. The van der Waals surface area contributed by atoms with E-state index >= 15 is 0 Å². The van der Waals surface area contributed by atoms with Gasteiger partial charge in [0.05, 0.1) is 0 Å². The standard InChI is InChI=1S/C17H25ClN2O2/c1-13(2)12-19-17(22)9-11-20(14(3)21)10-8-15-4-6-16(18)7-5-15/h4-7,13H,8-12H2,1-3H3,(H,19,22). The van der Waals surface area contributed by atoms with Crippen molar-refractivity contribution in [3.63, 3.8) is 0 Å². The minimum atomic E-state index is -0.00868. The predicted molar refractivity (Wildman–Crippen MR) is 89.9 cm³/mol. The lowest BCUT2D eigenvalue weighted by Gasteiger charge is -2.21. The molecule has 0 spiro atoms. The Balaban J connectivity index is 2.40. The molecule has 0 bridgehead atoms. The van der Waals surface area contributed by atoms with Gasteiger partial charge in [0.15, 0.2) is 0 Å². The Hall–Kier alpha value is -1.55. The van der Waals surface area contributed by atoms with Gasteiger partial charge in [0.1, 0.15) is 0 Å². The number of amides is 2. The second kappa shape index (κ2) is 9.46. The van der Waals surface area contributed by atoms with E-state index in [1.807, 2.05) is 38.1 Å². The van der Waals surface area contributed by atoms with E-state index in [0.29, 0.717) is 37.0 Å². The van der Waals surface area contributed by atoms with Gasteiger partial charge in [-0.15, -0.1) is 0 Å². The van der Waals surface area contributed by atoms with Crippen LogP contribution in [0.4, 0.5) is 0 Å². The summed E-state index contributed by atoms with van der Waals surface area (Å²) in [5.74, 6) is 0.412. The molecule has 1 N–H and O–H groups in total. The Kier molecular flexibility index (Phi) is 7.96. The summed E-state index contributed by atoms with van der Waals surface area (Å²) in [5, 5.41) is 3.57. The van der Waals surface area contributed by atoms with Gasteiger partial charge in [0.2, 0.25) is 11.8 Å². The summed E-state index contributed by atoms with van der Waals surface area (Å²) in [6.07, 6.45) is 1.09. The van der Waals surface area contributed by atoms with E-state index in [9.17, 15) is 9.59 Å². The molecule has 0 saturated carbocycles. The number of rotatable bonds is 8. The van der Waals surface area contributed by atoms with Crippen LogP contribution in [-0.2, 0) is 16.0 Å². The molecule has 0 atom stereocenters. The molecule has 0 aliphatic carbocycles. The zero-order chi connectivity index (χ0) is 16.5. The number of carbonyl (C=O) groups excluding carboxylic acids is 2. The van der Waals surface area contributed by atoms with Crippen LogP contribution in [0.2, 0.25) is 5.02 Å². The van der Waals surface area contributed by atoms with Crippen molar-refractivity contribution in [2.24, 2.45) is 5.92 Å². The quantitative estimate of drug-likeness (QED) is 0.799. The van der Waals surface area contributed by atoms with Crippen LogP contribution in [-0.4, -0.2) is 36.3 Å². The molecule has 2 amide bonds. The van der Waals surface area contributed by atoms with E-state index in [-0.39, 0.29) is 11.8 Å². The molecule has 1 aromatic rings. The fraction of sp³-hybridized carbons (Fsp3) is 0.529. The summed E-state index contributed by atoms with van der Waals surface area (Å²) < 4.78 is 0. The highest BCUT2D eigenvalue weighted by Crippen LogP contribution is 2.10. The largest absolute Gasteiger partial charge is 0.356 e. The molecule has 0 aliphatic rings. The molecule has 0 radical (unpaired) electrons. The van der Waals surface area contributed by atoms with Gasteiger partial charge in [0.25, 0.3) is 0 Å². The Morgan fingerprint density at radius 3 is 2.36 bits per heavy atom. The molecule has 1 rings (SSSR count). The van der Waals surface area contributed by atoms with Gasteiger partial charge >= 0.3 is 0 Å². The van der Waals surface area contributed by atoms with Crippen LogP contribution in [0.15, 0.2) is 24.3 Å². The Bertz CT molecular complexity index is 486. The lowest BCUT2D eigenvalue weighted by atomic mass is 10.1. The van der Waals surface area contributed by atoms with Crippen molar-refractivity contribution in [2.45, 2.75) is 33.6 Å². The molecule has 0 fully saturated rings. The first kappa shape index (κ1) is 18.5. The average molecular weight is 325 g/mol. The van der Waals surface area contributed by atoms with Gasteiger partial charge in [-0.1, -0.05) is 37.6 Å². The summed E-state index contributed by atoms with van der Waals surface area (Å²) in [6, 6.07) is 7.59. The number of carbonyl (C=O) groups is 2. The zero-order valence-electron chi connectivity index (χ0n) is 13.6. The maximum absolute atomic E-state index is 11.7. The zero-order valence-corrected chi connectivity index (χ0v) is 14.3. The third-order valence-corrected chi connectivity index (χ3v) is 3.60. The third-order valence-electron chi connectivity index (χ3n) is 3.35. The number of nitrogens with zero attached hydrogens (tertiary/aromatic N) is 1. The molecule has 22 heavy (non-hydrogen) atoms. The van der Waals surface area contributed by atoms with Crippen molar-refractivity contribution in [3.05, 3.63) is 34.9 Å².